The molecule has 7 aromatic carbocycles. The normalized spacial score (nSPS) is 11.7. The molecule has 0 unspecified atom stereocenters. The van der Waals surface area contributed by atoms with Gasteiger partial charge in [-0.3, -0.25) is 0 Å². The summed E-state index contributed by atoms with van der Waals surface area (Å²) in [7, 11) is 0. The molecule has 1 nitrogen and oxygen atoms in total. The predicted octanol–water partition coefficient (Wildman–Crippen LogP) is 11.1. The molecular weight excluding hydrogens is 497 g/mol. The quantitative estimate of drug-likeness (QED) is 0.210. The molecule has 184 valence electrons. The van der Waals surface area contributed by atoms with Crippen molar-refractivity contribution in [1.29, 1.82) is 0 Å². The molecule has 0 atom stereocenters. The number of nitrogens with zero attached hydrogens (tertiary/aromatic N) is 1. The van der Waals surface area contributed by atoms with Crippen LogP contribution in [0.3, 0.4) is 0 Å². The van der Waals surface area contributed by atoms with Crippen LogP contribution in [0.4, 0.5) is 21.5 Å². The van der Waals surface area contributed by atoms with Crippen LogP contribution in [-0.2, 0) is 0 Å². The number of hydrogen-bond donors (Lipinski definition) is 0. The lowest BCUT2D eigenvalue weighted by Gasteiger charge is -2.26. The van der Waals surface area contributed by atoms with Gasteiger partial charge in [-0.1, -0.05) is 91.0 Å². The molecule has 8 rings (SSSR count). The van der Waals surface area contributed by atoms with Gasteiger partial charge in [0.2, 0.25) is 0 Å². The van der Waals surface area contributed by atoms with E-state index in [0.717, 1.165) is 17.1 Å². The molecule has 3 heteroatoms. The monoisotopic (exact) mass is 519 g/mol. The second-order valence-electron chi connectivity index (χ2n) is 9.89. The van der Waals surface area contributed by atoms with Crippen molar-refractivity contribution >= 4 is 80.9 Å². The van der Waals surface area contributed by atoms with Gasteiger partial charge in [0.25, 0.3) is 0 Å². The molecular formula is C36H22FNS. The van der Waals surface area contributed by atoms with E-state index in [1.165, 1.54) is 64.6 Å². The minimum Gasteiger partial charge on any atom is -0.309 e. The summed E-state index contributed by atoms with van der Waals surface area (Å²) in [6.07, 6.45) is 0. The van der Waals surface area contributed by atoms with E-state index in [2.05, 4.69) is 114 Å². The molecule has 0 fully saturated rings. The molecule has 1 aromatic heterocycles. The summed E-state index contributed by atoms with van der Waals surface area (Å²) >= 11 is 1.84. The summed E-state index contributed by atoms with van der Waals surface area (Å²) in [5.41, 5.74) is 3.05. The van der Waals surface area contributed by atoms with Gasteiger partial charge in [0.1, 0.15) is 5.82 Å². The van der Waals surface area contributed by atoms with Gasteiger partial charge in [-0.15, -0.1) is 11.3 Å². The topological polar surface area (TPSA) is 3.24 Å². The van der Waals surface area contributed by atoms with E-state index in [4.69, 9.17) is 0 Å². The minimum atomic E-state index is -0.241. The SMILES string of the molecule is Fc1ccc(N(c2ccc3ccccc3c2)c2cccc3c2sc2c4ccccc4c4ccccc4c32)cc1. The average molecular weight is 520 g/mol. The van der Waals surface area contributed by atoms with E-state index in [0.29, 0.717) is 0 Å². The van der Waals surface area contributed by atoms with Crippen LogP contribution < -0.4 is 4.90 Å². The van der Waals surface area contributed by atoms with Gasteiger partial charge in [-0.2, -0.15) is 0 Å². The first-order chi connectivity index (χ1) is 19.3. The third-order valence-electron chi connectivity index (χ3n) is 7.67. The summed E-state index contributed by atoms with van der Waals surface area (Å²) in [5, 5.41) is 9.99. The van der Waals surface area contributed by atoms with Gasteiger partial charge in [-0.05, 0) is 69.4 Å². The Labute approximate surface area is 229 Å². The van der Waals surface area contributed by atoms with Crippen LogP contribution in [-0.4, -0.2) is 0 Å². The Kier molecular flexibility index (Phi) is 4.94. The molecule has 39 heavy (non-hydrogen) atoms. The Bertz CT molecular complexity index is 2190. The molecule has 0 aliphatic rings. The van der Waals surface area contributed by atoms with E-state index >= 15 is 0 Å². The maximum Gasteiger partial charge on any atom is 0.123 e. The maximum absolute atomic E-state index is 14.0. The van der Waals surface area contributed by atoms with Crippen molar-refractivity contribution in [3.63, 3.8) is 0 Å². The third kappa shape index (κ3) is 3.44. The van der Waals surface area contributed by atoms with Crippen LogP contribution >= 0.6 is 11.3 Å². The highest BCUT2D eigenvalue weighted by atomic mass is 32.1. The fraction of sp³-hybridized carbons (Fsp3) is 0. The van der Waals surface area contributed by atoms with Crippen LogP contribution in [0.15, 0.2) is 133 Å². The lowest BCUT2D eigenvalue weighted by Crippen LogP contribution is -2.10. The molecule has 8 aromatic rings. The molecule has 0 saturated carbocycles. The average Bonchev–Trinajstić information content (AvgIpc) is 3.39. The number of benzene rings is 7. The fourth-order valence-corrected chi connectivity index (χ4v) is 7.28. The number of rotatable bonds is 3. The van der Waals surface area contributed by atoms with Gasteiger partial charge in [0.05, 0.1) is 10.4 Å². The highest BCUT2D eigenvalue weighted by Gasteiger charge is 2.20. The number of halogens is 1. The van der Waals surface area contributed by atoms with E-state index < -0.39 is 0 Å². The number of anilines is 3. The maximum atomic E-state index is 14.0. The Morgan fingerprint density at radius 1 is 0.462 bits per heavy atom. The first-order valence-corrected chi connectivity index (χ1v) is 13.9. The zero-order valence-electron chi connectivity index (χ0n) is 20.9. The highest BCUT2D eigenvalue weighted by Crippen LogP contribution is 2.49. The molecule has 0 radical (unpaired) electrons. The summed E-state index contributed by atoms with van der Waals surface area (Å²) in [6, 6.07) is 45.7. The molecule has 0 aliphatic carbocycles. The van der Waals surface area contributed by atoms with Gasteiger partial charge in [0, 0.05) is 32.2 Å². The van der Waals surface area contributed by atoms with Gasteiger partial charge in [0.15, 0.2) is 0 Å². The Morgan fingerprint density at radius 2 is 1.08 bits per heavy atom. The Balaban J connectivity index is 1.48. The standard InChI is InChI=1S/C36H22FNS/c37-25-17-20-26(21-18-25)38(27-19-16-23-8-1-2-9-24(23)22-27)33-15-7-14-32-34-30-12-5-3-10-28(30)29-11-4-6-13-31(29)36(34)39-35(32)33/h1-22H. The van der Waals surface area contributed by atoms with Crippen LogP contribution in [0.25, 0.3) is 52.5 Å². The smallest absolute Gasteiger partial charge is 0.123 e. The molecule has 0 amide bonds. The minimum absolute atomic E-state index is 0.241. The van der Waals surface area contributed by atoms with Crippen molar-refractivity contribution in [1.82, 2.24) is 0 Å². The van der Waals surface area contributed by atoms with E-state index in [1.807, 2.05) is 23.5 Å². The van der Waals surface area contributed by atoms with Gasteiger partial charge >= 0.3 is 0 Å². The Morgan fingerprint density at radius 3 is 1.87 bits per heavy atom. The summed E-state index contributed by atoms with van der Waals surface area (Å²) < 4.78 is 16.5. The van der Waals surface area contributed by atoms with Gasteiger partial charge in [-0.25, -0.2) is 4.39 Å². The van der Waals surface area contributed by atoms with E-state index in [1.54, 1.807) is 0 Å². The van der Waals surface area contributed by atoms with E-state index in [-0.39, 0.29) is 5.82 Å². The van der Waals surface area contributed by atoms with Crippen molar-refractivity contribution in [2.75, 3.05) is 4.90 Å². The number of fused-ring (bicyclic) bond motifs is 9. The van der Waals surface area contributed by atoms with Gasteiger partial charge < -0.3 is 4.90 Å². The van der Waals surface area contributed by atoms with Crippen LogP contribution in [0.5, 0.6) is 0 Å². The van der Waals surface area contributed by atoms with Crippen molar-refractivity contribution < 1.29 is 4.39 Å². The van der Waals surface area contributed by atoms with Crippen molar-refractivity contribution in [2.45, 2.75) is 0 Å². The lowest BCUT2D eigenvalue weighted by molar-refractivity contribution is 0.628. The fourth-order valence-electron chi connectivity index (χ4n) is 5.92. The van der Waals surface area contributed by atoms with Crippen LogP contribution in [0.2, 0.25) is 0 Å². The van der Waals surface area contributed by atoms with E-state index in [9.17, 15) is 4.39 Å². The lowest BCUT2D eigenvalue weighted by atomic mass is 9.97. The van der Waals surface area contributed by atoms with Crippen molar-refractivity contribution in [3.8, 4) is 0 Å². The predicted molar refractivity (Wildman–Crippen MR) is 166 cm³/mol. The highest BCUT2D eigenvalue weighted by molar-refractivity contribution is 7.27. The Hall–Kier alpha value is -4.73. The van der Waals surface area contributed by atoms with Crippen LogP contribution in [0, 0.1) is 5.82 Å². The molecule has 0 spiro atoms. The molecule has 0 saturated heterocycles. The zero-order valence-corrected chi connectivity index (χ0v) is 21.8. The number of thiophene rings is 1. The largest absolute Gasteiger partial charge is 0.309 e. The summed E-state index contributed by atoms with van der Waals surface area (Å²) in [4.78, 5) is 2.26. The van der Waals surface area contributed by atoms with Crippen molar-refractivity contribution in [3.05, 3.63) is 139 Å². The molecule has 0 N–H and O–H groups in total. The number of hydrogen-bond acceptors (Lipinski definition) is 2. The third-order valence-corrected chi connectivity index (χ3v) is 8.93. The second-order valence-corrected chi connectivity index (χ2v) is 10.9. The zero-order chi connectivity index (χ0) is 25.9. The van der Waals surface area contributed by atoms with Crippen molar-refractivity contribution in [2.24, 2.45) is 0 Å². The first kappa shape index (κ1) is 22.3. The molecule has 0 aliphatic heterocycles. The molecule has 0 bridgehead atoms. The molecule has 1 heterocycles. The van der Waals surface area contributed by atoms with Crippen LogP contribution in [0.1, 0.15) is 0 Å². The summed E-state index contributed by atoms with van der Waals surface area (Å²) in [6.45, 7) is 0. The second kappa shape index (κ2) is 8.65. The first-order valence-electron chi connectivity index (χ1n) is 13.1. The summed E-state index contributed by atoms with van der Waals surface area (Å²) in [5.74, 6) is -0.241.